The zero-order valence-electron chi connectivity index (χ0n) is 6.66. The van der Waals surface area contributed by atoms with Crippen LogP contribution in [0.25, 0.3) is 0 Å². The molecule has 0 amide bonds. The van der Waals surface area contributed by atoms with Crippen molar-refractivity contribution in [2.24, 2.45) is 0 Å². The summed E-state index contributed by atoms with van der Waals surface area (Å²) in [4.78, 5) is 10.7. The number of carbonyl (C=O) groups excluding carboxylic acids is 1. The predicted octanol–water partition coefficient (Wildman–Crippen LogP) is -2.26. The molecule has 13 heavy (non-hydrogen) atoms. The van der Waals surface area contributed by atoms with E-state index in [1.54, 1.807) is 0 Å². The summed E-state index contributed by atoms with van der Waals surface area (Å²) < 4.78 is 9.78. The number of esters is 1. The lowest BCUT2D eigenvalue weighted by Crippen LogP contribution is -2.39. The lowest BCUT2D eigenvalue weighted by Gasteiger charge is -2.17. The molecule has 3 N–H and O–H groups in total. The van der Waals surface area contributed by atoms with E-state index in [2.05, 4.69) is 0 Å². The average molecular weight is 190 g/mol. The molecule has 0 aromatic carbocycles. The molecule has 2 heterocycles. The molecular weight excluding hydrogens is 180 g/mol. The monoisotopic (exact) mass is 190 g/mol. The van der Waals surface area contributed by atoms with E-state index in [-0.39, 0.29) is 6.42 Å². The second kappa shape index (κ2) is 2.91. The van der Waals surface area contributed by atoms with Crippen molar-refractivity contribution in [3.05, 3.63) is 0 Å². The first-order chi connectivity index (χ1) is 6.09. The van der Waals surface area contributed by atoms with Crippen molar-refractivity contribution in [2.75, 3.05) is 0 Å². The van der Waals surface area contributed by atoms with Crippen LogP contribution < -0.4 is 0 Å². The minimum Gasteiger partial charge on any atom is -0.457 e. The van der Waals surface area contributed by atoms with Crippen LogP contribution in [-0.4, -0.2) is 52.0 Å². The summed E-state index contributed by atoms with van der Waals surface area (Å²) in [5, 5.41) is 27.0. The van der Waals surface area contributed by atoms with E-state index in [0.717, 1.165) is 0 Å². The number of aliphatic hydroxyl groups excluding tert-OH is 2. The molecule has 6 heteroatoms. The normalized spacial score (nSPS) is 43.8. The fraction of sp³-hybridized carbons (Fsp3) is 0.857. The van der Waals surface area contributed by atoms with E-state index in [1.165, 1.54) is 0 Å². The van der Waals surface area contributed by atoms with Gasteiger partial charge in [0.25, 0.3) is 0 Å². The maximum Gasteiger partial charge on any atom is 0.309 e. The highest BCUT2D eigenvalue weighted by atomic mass is 16.6. The fourth-order valence-corrected chi connectivity index (χ4v) is 1.69. The first kappa shape index (κ1) is 8.89. The van der Waals surface area contributed by atoms with Gasteiger partial charge in [0.1, 0.15) is 18.3 Å². The van der Waals surface area contributed by atoms with Crippen LogP contribution in [0.1, 0.15) is 6.42 Å². The standard InChI is InChI=1S/C7H10O6/c8-3-1-2-5(13-3)4(9)6(12-2)7(10)11/h2,4-7,9-11H,1H2/t2-,4-,5+,6+/m1/s1. The molecule has 4 atom stereocenters. The Labute approximate surface area is 73.7 Å². The summed E-state index contributed by atoms with van der Waals surface area (Å²) in [6, 6.07) is 0. The van der Waals surface area contributed by atoms with Gasteiger partial charge < -0.3 is 24.8 Å². The van der Waals surface area contributed by atoms with E-state index in [1.807, 2.05) is 0 Å². The van der Waals surface area contributed by atoms with Crippen LogP contribution in [0.2, 0.25) is 0 Å². The van der Waals surface area contributed by atoms with Crippen LogP contribution >= 0.6 is 0 Å². The first-order valence-corrected chi connectivity index (χ1v) is 3.99. The lowest BCUT2D eigenvalue weighted by atomic mass is 10.1. The molecule has 2 fully saturated rings. The minimum absolute atomic E-state index is 0.0605. The van der Waals surface area contributed by atoms with Gasteiger partial charge in [-0.15, -0.1) is 0 Å². The average Bonchev–Trinajstić information content (AvgIpc) is 2.51. The molecule has 0 spiro atoms. The Morgan fingerprint density at radius 1 is 1.46 bits per heavy atom. The third kappa shape index (κ3) is 1.31. The quantitative estimate of drug-likeness (QED) is 0.319. The number of rotatable bonds is 1. The SMILES string of the molecule is O=C1C[C@H]2O[C@H](C(O)O)[C@H](O)[C@H]2O1. The van der Waals surface area contributed by atoms with Crippen LogP contribution in [0, 0.1) is 0 Å². The number of carbonyl (C=O) groups is 1. The van der Waals surface area contributed by atoms with Gasteiger partial charge >= 0.3 is 5.97 Å². The molecule has 2 aliphatic rings. The molecule has 6 nitrogen and oxygen atoms in total. The molecule has 2 aliphatic heterocycles. The topological polar surface area (TPSA) is 96.2 Å². The highest BCUT2D eigenvalue weighted by Crippen LogP contribution is 2.32. The predicted molar refractivity (Wildman–Crippen MR) is 37.4 cm³/mol. The summed E-state index contributed by atoms with van der Waals surface area (Å²) in [5.41, 5.74) is 0. The summed E-state index contributed by atoms with van der Waals surface area (Å²) in [7, 11) is 0. The molecule has 2 rings (SSSR count). The maximum absolute atomic E-state index is 10.7. The van der Waals surface area contributed by atoms with Gasteiger partial charge in [0, 0.05) is 0 Å². The zero-order chi connectivity index (χ0) is 9.59. The lowest BCUT2D eigenvalue weighted by molar-refractivity contribution is -0.168. The Balaban J connectivity index is 2.08. The summed E-state index contributed by atoms with van der Waals surface area (Å²) in [5.74, 6) is -0.431. The van der Waals surface area contributed by atoms with Crippen molar-refractivity contribution in [3.8, 4) is 0 Å². The van der Waals surface area contributed by atoms with Gasteiger partial charge in [-0.05, 0) is 0 Å². The molecular formula is C7H10O6. The fourth-order valence-electron chi connectivity index (χ4n) is 1.69. The number of fused-ring (bicyclic) bond motifs is 1. The number of hydrogen-bond acceptors (Lipinski definition) is 6. The highest BCUT2D eigenvalue weighted by molar-refractivity contribution is 5.73. The van der Waals surface area contributed by atoms with Crippen LogP contribution in [0.15, 0.2) is 0 Å². The van der Waals surface area contributed by atoms with E-state index in [4.69, 9.17) is 19.7 Å². The number of hydrogen-bond donors (Lipinski definition) is 3. The summed E-state index contributed by atoms with van der Waals surface area (Å²) in [6.07, 6.45) is -5.22. The Kier molecular flexibility index (Phi) is 1.99. The molecule has 0 aromatic rings. The van der Waals surface area contributed by atoms with E-state index < -0.39 is 36.7 Å². The third-order valence-corrected chi connectivity index (χ3v) is 2.30. The van der Waals surface area contributed by atoms with Gasteiger partial charge in [-0.25, -0.2) is 0 Å². The number of ether oxygens (including phenoxy) is 2. The van der Waals surface area contributed by atoms with Crippen molar-refractivity contribution in [2.45, 2.75) is 37.1 Å². The van der Waals surface area contributed by atoms with Crippen molar-refractivity contribution < 1.29 is 29.6 Å². The molecule has 0 radical (unpaired) electrons. The van der Waals surface area contributed by atoms with Crippen molar-refractivity contribution >= 4 is 5.97 Å². The Morgan fingerprint density at radius 2 is 2.15 bits per heavy atom. The van der Waals surface area contributed by atoms with Crippen molar-refractivity contribution in [1.82, 2.24) is 0 Å². The third-order valence-electron chi connectivity index (χ3n) is 2.30. The van der Waals surface area contributed by atoms with Crippen molar-refractivity contribution in [3.63, 3.8) is 0 Å². The largest absolute Gasteiger partial charge is 0.457 e. The van der Waals surface area contributed by atoms with Crippen LogP contribution in [0.5, 0.6) is 0 Å². The van der Waals surface area contributed by atoms with Gasteiger partial charge in [-0.1, -0.05) is 0 Å². The van der Waals surface area contributed by atoms with Crippen LogP contribution in [0.3, 0.4) is 0 Å². The Morgan fingerprint density at radius 3 is 2.69 bits per heavy atom. The molecule has 0 aromatic heterocycles. The summed E-state index contributed by atoms with van der Waals surface area (Å²) >= 11 is 0. The van der Waals surface area contributed by atoms with E-state index in [9.17, 15) is 9.90 Å². The zero-order valence-corrected chi connectivity index (χ0v) is 6.66. The van der Waals surface area contributed by atoms with Gasteiger partial charge in [0.15, 0.2) is 12.4 Å². The van der Waals surface area contributed by atoms with Crippen molar-refractivity contribution in [1.29, 1.82) is 0 Å². The van der Waals surface area contributed by atoms with Crippen LogP contribution in [-0.2, 0) is 14.3 Å². The Bertz CT molecular complexity index is 227. The molecule has 0 bridgehead atoms. The summed E-state index contributed by atoms with van der Waals surface area (Å²) in [6.45, 7) is 0. The molecule has 0 saturated carbocycles. The second-order valence-corrected chi connectivity index (χ2v) is 3.20. The minimum atomic E-state index is -1.75. The molecule has 74 valence electrons. The van der Waals surface area contributed by atoms with Gasteiger partial charge in [0.2, 0.25) is 0 Å². The molecule has 0 unspecified atom stereocenters. The highest BCUT2D eigenvalue weighted by Gasteiger charge is 2.52. The second-order valence-electron chi connectivity index (χ2n) is 3.20. The van der Waals surface area contributed by atoms with Gasteiger partial charge in [0.05, 0.1) is 6.42 Å². The molecule has 0 aliphatic carbocycles. The smallest absolute Gasteiger partial charge is 0.309 e. The van der Waals surface area contributed by atoms with E-state index >= 15 is 0 Å². The van der Waals surface area contributed by atoms with Crippen LogP contribution in [0.4, 0.5) is 0 Å². The molecule has 2 saturated heterocycles. The van der Waals surface area contributed by atoms with E-state index in [0.29, 0.717) is 0 Å². The maximum atomic E-state index is 10.7. The van der Waals surface area contributed by atoms with Gasteiger partial charge in [-0.3, -0.25) is 4.79 Å². The van der Waals surface area contributed by atoms with Gasteiger partial charge in [-0.2, -0.15) is 0 Å². The number of aliphatic hydroxyl groups is 3. The first-order valence-electron chi connectivity index (χ1n) is 3.99. The Hall–Kier alpha value is -0.690.